The number of amides is 1. The molecule has 5 nitrogen and oxygen atoms in total. The van der Waals surface area contributed by atoms with E-state index in [0.29, 0.717) is 5.82 Å². The molecule has 0 unspecified atom stereocenters. The van der Waals surface area contributed by atoms with Crippen LogP contribution in [0.25, 0.3) is 16.4 Å². The van der Waals surface area contributed by atoms with Crippen molar-refractivity contribution in [3.8, 4) is 16.4 Å². The lowest BCUT2D eigenvalue weighted by molar-refractivity contribution is -0.137. The second kappa shape index (κ2) is 6.69. The van der Waals surface area contributed by atoms with Gasteiger partial charge >= 0.3 is 6.18 Å². The molecule has 0 saturated carbocycles. The number of rotatable bonds is 3. The summed E-state index contributed by atoms with van der Waals surface area (Å²) in [5.74, 6) is 0.164. The third-order valence-corrected chi connectivity index (χ3v) is 6.51. The van der Waals surface area contributed by atoms with Crippen molar-refractivity contribution in [2.24, 2.45) is 0 Å². The van der Waals surface area contributed by atoms with Crippen LogP contribution in [-0.4, -0.2) is 37.7 Å². The molecule has 3 aromatic rings. The van der Waals surface area contributed by atoms with Gasteiger partial charge in [-0.05, 0) is 55.3 Å². The summed E-state index contributed by atoms with van der Waals surface area (Å²) in [5, 5.41) is 6.20. The second-order valence-corrected chi connectivity index (χ2v) is 8.32. The molecule has 0 N–H and O–H groups in total. The number of hydrogen-bond donors (Lipinski definition) is 0. The highest BCUT2D eigenvalue weighted by atomic mass is 32.1. The molecule has 0 aliphatic carbocycles. The molecule has 5 rings (SSSR count). The zero-order chi connectivity index (χ0) is 20.2. The van der Waals surface area contributed by atoms with E-state index in [9.17, 15) is 18.0 Å². The maximum atomic E-state index is 13.2. The van der Waals surface area contributed by atoms with Crippen LogP contribution < -0.4 is 0 Å². The normalized spacial score (nSPS) is 21.1. The topological polar surface area (TPSA) is 51.0 Å². The molecule has 2 fully saturated rings. The summed E-state index contributed by atoms with van der Waals surface area (Å²) >= 11 is 1.39. The molecular weight excluding hydrogens is 401 g/mol. The molecule has 2 bridgehead atoms. The molecule has 1 amide bonds. The van der Waals surface area contributed by atoms with Crippen molar-refractivity contribution < 1.29 is 18.0 Å². The number of carbonyl (C=O) groups excluding carboxylic acids is 1. The van der Waals surface area contributed by atoms with Gasteiger partial charge < -0.3 is 4.90 Å². The van der Waals surface area contributed by atoms with E-state index in [-0.39, 0.29) is 29.5 Å². The Morgan fingerprint density at radius 3 is 2.41 bits per heavy atom. The van der Waals surface area contributed by atoms with Crippen LogP contribution in [0.5, 0.6) is 0 Å². The third-order valence-electron chi connectivity index (χ3n) is 5.65. The molecular formula is C20H17F3N4OS. The van der Waals surface area contributed by atoms with Crippen LogP contribution in [0.4, 0.5) is 13.2 Å². The summed E-state index contributed by atoms with van der Waals surface area (Å²) in [5.41, 5.74) is -0.549. The highest BCUT2D eigenvalue weighted by Crippen LogP contribution is 2.38. The van der Waals surface area contributed by atoms with Crippen molar-refractivity contribution in [2.75, 3.05) is 0 Å². The average Bonchev–Trinajstić information content (AvgIpc) is 3.50. The molecule has 150 valence electrons. The van der Waals surface area contributed by atoms with E-state index in [0.717, 1.165) is 42.7 Å². The largest absolute Gasteiger partial charge is 0.416 e. The standard InChI is InChI=1S/C20H17F3N4OS/c21-20(22,23)12-3-1-4-15(11-12)27-18(16-5-2-10-29-16)24-17(25-27)19(28)26-13-6-7-14(26)9-8-13/h1-5,10-11,13-14H,6-9H2. The average molecular weight is 418 g/mol. The van der Waals surface area contributed by atoms with E-state index in [1.54, 1.807) is 0 Å². The molecule has 1 aromatic carbocycles. The Morgan fingerprint density at radius 1 is 1.07 bits per heavy atom. The van der Waals surface area contributed by atoms with Crippen LogP contribution in [0.2, 0.25) is 0 Å². The summed E-state index contributed by atoms with van der Waals surface area (Å²) in [4.78, 5) is 20.2. The number of hydrogen-bond acceptors (Lipinski definition) is 4. The first-order chi connectivity index (χ1) is 13.9. The number of halogens is 3. The van der Waals surface area contributed by atoms with E-state index in [1.165, 1.54) is 28.2 Å². The number of nitrogens with zero attached hydrogens (tertiary/aromatic N) is 4. The fourth-order valence-corrected chi connectivity index (χ4v) is 5.02. The van der Waals surface area contributed by atoms with Gasteiger partial charge in [-0.1, -0.05) is 12.1 Å². The number of thiophene rings is 1. The molecule has 2 aromatic heterocycles. The van der Waals surface area contributed by atoms with Gasteiger partial charge in [0, 0.05) is 12.1 Å². The molecule has 4 heterocycles. The van der Waals surface area contributed by atoms with Crippen molar-refractivity contribution in [3.63, 3.8) is 0 Å². The zero-order valence-electron chi connectivity index (χ0n) is 15.3. The van der Waals surface area contributed by atoms with Crippen molar-refractivity contribution in [1.29, 1.82) is 0 Å². The van der Waals surface area contributed by atoms with Crippen molar-refractivity contribution in [2.45, 2.75) is 43.9 Å². The highest BCUT2D eigenvalue weighted by molar-refractivity contribution is 7.13. The van der Waals surface area contributed by atoms with Crippen LogP contribution in [0, 0.1) is 0 Å². The Hall–Kier alpha value is -2.68. The zero-order valence-corrected chi connectivity index (χ0v) is 16.1. The summed E-state index contributed by atoms with van der Waals surface area (Å²) in [6.45, 7) is 0. The Bertz CT molecular complexity index is 1040. The predicted molar refractivity (Wildman–Crippen MR) is 102 cm³/mol. The van der Waals surface area contributed by atoms with E-state index in [1.807, 2.05) is 22.4 Å². The molecule has 2 aliphatic heterocycles. The first-order valence-electron chi connectivity index (χ1n) is 9.43. The smallest absolute Gasteiger partial charge is 0.330 e. The van der Waals surface area contributed by atoms with Gasteiger partial charge in [-0.2, -0.15) is 13.2 Å². The monoisotopic (exact) mass is 418 g/mol. The summed E-state index contributed by atoms with van der Waals surface area (Å²) in [6.07, 6.45) is -0.511. The fraction of sp³-hybridized carbons (Fsp3) is 0.350. The van der Waals surface area contributed by atoms with Gasteiger partial charge in [0.25, 0.3) is 5.91 Å². The quantitative estimate of drug-likeness (QED) is 0.615. The second-order valence-electron chi connectivity index (χ2n) is 7.37. The number of carbonyl (C=O) groups is 1. The predicted octanol–water partition coefficient (Wildman–Crippen LogP) is 4.78. The highest BCUT2D eigenvalue weighted by Gasteiger charge is 2.43. The van der Waals surface area contributed by atoms with Crippen LogP contribution in [0.1, 0.15) is 41.9 Å². The lowest BCUT2D eigenvalue weighted by Crippen LogP contribution is -2.35. The summed E-state index contributed by atoms with van der Waals surface area (Å²) in [6, 6.07) is 8.99. The molecule has 2 aliphatic rings. The van der Waals surface area contributed by atoms with Gasteiger partial charge in [-0.25, -0.2) is 9.67 Å². The maximum Gasteiger partial charge on any atom is 0.416 e. The van der Waals surface area contributed by atoms with E-state index < -0.39 is 11.7 Å². The molecule has 0 radical (unpaired) electrons. The number of benzene rings is 1. The van der Waals surface area contributed by atoms with Crippen molar-refractivity contribution >= 4 is 17.2 Å². The Kier molecular flexibility index (Phi) is 4.23. The van der Waals surface area contributed by atoms with Gasteiger partial charge in [0.15, 0.2) is 5.82 Å². The minimum absolute atomic E-state index is 0.0320. The summed E-state index contributed by atoms with van der Waals surface area (Å²) in [7, 11) is 0. The Morgan fingerprint density at radius 2 is 1.79 bits per heavy atom. The molecule has 0 spiro atoms. The van der Waals surface area contributed by atoms with Gasteiger partial charge in [0.1, 0.15) is 0 Å². The van der Waals surface area contributed by atoms with Gasteiger partial charge in [-0.15, -0.1) is 16.4 Å². The fourth-order valence-electron chi connectivity index (χ4n) is 4.32. The van der Waals surface area contributed by atoms with Gasteiger partial charge in [-0.3, -0.25) is 4.79 Å². The van der Waals surface area contributed by atoms with Gasteiger partial charge in [0.2, 0.25) is 5.82 Å². The molecule has 29 heavy (non-hydrogen) atoms. The van der Waals surface area contributed by atoms with Crippen LogP contribution in [0.15, 0.2) is 41.8 Å². The minimum atomic E-state index is -4.47. The van der Waals surface area contributed by atoms with E-state index in [4.69, 9.17) is 0 Å². The lowest BCUT2D eigenvalue weighted by Gasteiger charge is -2.19. The SMILES string of the molecule is O=C(c1nc(-c2cccs2)n(-c2cccc(C(F)(F)F)c2)n1)N1C2CCC1CC2. The molecule has 9 heteroatoms. The Labute approximate surface area is 168 Å². The Balaban J connectivity index is 1.59. The van der Waals surface area contributed by atoms with Crippen molar-refractivity contribution in [3.05, 3.63) is 53.2 Å². The number of aromatic nitrogens is 3. The first-order valence-corrected chi connectivity index (χ1v) is 10.3. The maximum absolute atomic E-state index is 13.2. The molecule has 2 saturated heterocycles. The van der Waals surface area contributed by atoms with E-state index >= 15 is 0 Å². The molecule has 0 atom stereocenters. The van der Waals surface area contributed by atoms with Crippen LogP contribution >= 0.6 is 11.3 Å². The minimum Gasteiger partial charge on any atom is -0.330 e. The third kappa shape index (κ3) is 3.13. The first kappa shape index (κ1) is 18.4. The summed E-state index contributed by atoms with van der Waals surface area (Å²) < 4.78 is 40.9. The van der Waals surface area contributed by atoms with Crippen molar-refractivity contribution in [1.82, 2.24) is 19.7 Å². The number of alkyl halides is 3. The lowest BCUT2D eigenvalue weighted by atomic mass is 10.0. The van der Waals surface area contributed by atoms with E-state index in [2.05, 4.69) is 10.1 Å². The van der Waals surface area contributed by atoms with Gasteiger partial charge in [0.05, 0.1) is 16.1 Å². The van der Waals surface area contributed by atoms with Crippen LogP contribution in [-0.2, 0) is 6.18 Å². The number of fused-ring (bicyclic) bond motifs is 2. The van der Waals surface area contributed by atoms with Crippen LogP contribution in [0.3, 0.4) is 0 Å².